The van der Waals surface area contributed by atoms with Crippen molar-refractivity contribution in [2.45, 2.75) is 203 Å². The van der Waals surface area contributed by atoms with Crippen molar-refractivity contribution < 1.29 is 28.8 Å². The van der Waals surface area contributed by atoms with Crippen molar-refractivity contribution in [2.75, 3.05) is 14.1 Å². The van der Waals surface area contributed by atoms with Gasteiger partial charge in [0.1, 0.15) is 35.6 Å². The molecule has 0 aliphatic carbocycles. The number of aromatic nitrogens is 6. The molecule has 6 amide bonds. The highest BCUT2D eigenvalue weighted by Gasteiger charge is 2.46. The van der Waals surface area contributed by atoms with Crippen LogP contribution in [0.2, 0.25) is 0 Å². The summed E-state index contributed by atoms with van der Waals surface area (Å²) in [4.78, 5) is 85.9. The summed E-state index contributed by atoms with van der Waals surface area (Å²) in [5.41, 5.74) is 2.98. The Morgan fingerprint density at radius 1 is 0.526 bits per heavy atom. The van der Waals surface area contributed by atoms with Crippen LogP contribution in [-0.4, -0.2) is 138 Å². The van der Waals surface area contributed by atoms with Gasteiger partial charge in [-0.25, -0.2) is 0 Å². The summed E-state index contributed by atoms with van der Waals surface area (Å²) in [5, 5.41) is 36.3. The fraction of sp³-hybridized carbons (Fsp3) is 0.607. The van der Waals surface area contributed by atoms with Gasteiger partial charge in [-0.2, -0.15) is 0 Å². The van der Waals surface area contributed by atoms with Crippen molar-refractivity contribution >= 4 is 35.4 Å². The zero-order valence-electron chi connectivity index (χ0n) is 44.9. The van der Waals surface area contributed by atoms with Crippen molar-refractivity contribution in [2.24, 2.45) is 0 Å². The fourth-order valence-electron chi connectivity index (χ4n) is 11.5. The Morgan fingerprint density at radius 3 is 1.30 bits per heavy atom. The monoisotopic (exact) mass is 1040 g/mol. The zero-order chi connectivity index (χ0) is 53.6. The molecule has 2 aromatic carbocycles. The van der Waals surface area contributed by atoms with E-state index in [2.05, 4.69) is 52.5 Å². The number of likely N-dealkylation sites (N-methyl/N-ethyl adjacent to an activating group) is 2. The van der Waals surface area contributed by atoms with Crippen LogP contribution in [0.4, 0.5) is 0 Å². The number of nitrogens with zero attached hydrogens (tertiary/aromatic N) is 8. The number of hydrogen-bond donors (Lipinski definition) is 6. The molecule has 6 N–H and O–H groups in total. The summed E-state index contributed by atoms with van der Waals surface area (Å²) < 4.78 is 3.67. The number of carbonyl (C=O) groups is 6. The van der Waals surface area contributed by atoms with Crippen LogP contribution in [0.25, 0.3) is 0 Å². The highest BCUT2D eigenvalue weighted by atomic mass is 16.2. The topological polar surface area (TPSA) is 242 Å². The molecule has 8 rings (SSSR count). The first-order valence-electron chi connectivity index (χ1n) is 28.0. The number of hydrogen-bond acceptors (Lipinski definition) is 12. The van der Waals surface area contributed by atoms with Gasteiger partial charge < -0.3 is 41.7 Å². The van der Waals surface area contributed by atoms with E-state index in [1.807, 2.05) is 82.4 Å². The average Bonchev–Trinajstić information content (AvgIpc) is 4.30. The molecule has 20 heteroatoms. The van der Waals surface area contributed by atoms with Gasteiger partial charge >= 0.3 is 0 Å². The van der Waals surface area contributed by atoms with Gasteiger partial charge in [-0.05, 0) is 103 Å². The standard InChI is InChI=1S/C56H80N14O6/c1-37(57-3)51(71)59-43-27-17-15-25-41-29-31-47(69(41)55(43)75)53(73)61-49(39-21-11-9-12-22-39)45-35-67(65-63-45)33-19-7-5-6-8-20-34-68-36-46(64-66-68)50(40-23-13-10-14-24-40)62-54(74)48-32-30-42-26-16-18-28-44(56(76)70(42)48)60-52(72)38(2)58-4/h9-14,21-24,35-38,41-44,47-50,57-58H,5-8,15-20,25-34H2,1-4H3,(H,59,71)(H,60,72)(H,61,73)(H,62,74)/t37-,38-,41-,42-,43-,44-,47-,48-,49-,50+/m0/s1. The van der Waals surface area contributed by atoms with E-state index in [1.165, 1.54) is 0 Å². The normalized spacial score (nSPS) is 23.4. The van der Waals surface area contributed by atoms with Gasteiger partial charge in [-0.1, -0.05) is 122 Å². The number of unbranched alkanes of at least 4 members (excludes halogenated alkanes) is 5. The first-order chi connectivity index (χ1) is 36.9. The number of carbonyl (C=O) groups excluding carboxylic acids is 6. The fourth-order valence-corrected chi connectivity index (χ4v) is 11.5. The highest BCUT2D eigenvalue weighted by molar-refractivity contribution is 5.95. The van der Waals surface area contributed by atoms with Crippen LogP contribution in [0, 0.1) is 0 Å². The van der Waals surface area contributed by atoms with Crippen LogP contribution >= 0.6 is 0 Å². The van der Waals surface area contributed by atoms with Crippen LogP contribution in [0.1, 0.15) is 164 Å². The molecule has 410 valence electrons. The van der Waals surface area contributed by atoms with Crippen LogP contribution in [-0.2, 0) is 41.9 Å². The van der Waals surface area contributed by atoms with Gasteiger partial charge in [-0.15, -0.1) is 10.2 Å². The lowest BCUT2D eigenvalue weighted by atomic mass is 9.98. The summed E-state index contributed by atoms with van der Waals surface area (Å²) in [5.74, 6) is -1.33. The summed E-state index contributed by atoms with van der Waals surface area (Å²) in [6.07, 6.45) is 18.6. The number of aryl methyl sites for hydroxylation is 2. The predicted molar refractivity (Wildman–Crippen MR) is 286 cm³/mol. The van der Waals surface area contributed by atoms with Gasteiger partial charge in [0.2, 0.25) is 35.4 Å². The number of rotatable bonds is 23. The van der Waals surface area contributed by atoms with Gasteiger partial charge in [0, 0.05) is 25.2 Å². The SMILES string of the molecule is CN[C@@H](C)C(=O)N[C@H]1CCCC[C@H]2CC[C@@H](C(=O)N[C@H](c3ccccc3)c3cn(CCCCCCCCn4cc([C@@H](NC(=O)[C@@H]5CC[C@@H]6CCCC[C@H](NC(=O)[C@H](C)NC)C(=O)N65)c5ccccc5)nn4)nn3)N2C1=O. The smallest absolute Gasteiger partial charge is 0.246 e. The second-order valence-electron chi connectivity index (χ2n) is 21.3. The Bertz CT molecular complexity index is 2380. The van der Waals surface area contributed by atoms with E-state index in [0.29, 0.717) is 50.2 Å². The Labute approximate surface area is 447 Å². The zero-order valence-corrected chi connectivity index (χ0v) is 44.9. The molecule has 20 nitrogen and oxygen atoms in total. The van der Waals surface area contributed by atoms with Crippen LogP contribution in [0.5, 0.6) is 0 Å². The second kappa shape index (κ2) is 27.0. The molecule has 4 saturated heterocycles. The van der Waals surface area contributed by atoms with Gasteiger partial charge in [0.05, 0.1) is 36.6 Å². The molecule has 2 aromatic heterocycles. The minimum atomic E-state index is -0.677. The maximum absolute atomic E-state index is 14.3. The van der Waals surface area contributed by atoms with E-state index >= 15 is 0 Å². The van der Waals surface area contributed by atoms with Crippen molar-refractivity contribution in [1.82, 2.24) is 71.7 Å². The summed E-state index contributed by atoms with van der Waals surface area (Å²) >= 11 is 0. The van der Waals surface area contributed by atoms with Gasteiger partial charge in [0.15, 0.2) is 0 Å². The molecular formula is C56H80N14O6. The maximum atomic E-state index is 14.3. The third-order valence-corrected chi connectivity index (χ3v) is 16.1. The van der Waals surface area contributed by atoms with Crippen LogP contribution in [0.3, 0.4) is 0 Å². The lowest BCUT2D eigenvalue weighted by molar-refractivity contribution is -0.144. The van der Waals surface area contributed by atoms with E-state index in [1.54, 1.807) is 37.7 Å². The largest absolute Gasteiger partial charge is 0.343 e. The molecule has 76 heavy (non-hydrogen) atoms. The number of benzene rings is 2. The maximum Gasteiger partial charge on any atom is 0.246 e. The lowest BCUT2D eigenvalue weighted by Gasteiger charge is -2.36. The molecule has 6 heterocycles. The van der Waals surface area contributed by atoms with Crippen molar-refractivity contribution in [3.63, 3.8) is 0 Å². The Morgan fingerprint density at radius 2 is 0.908 bits per heavy atom. The second-order valence-corrected chi connectivity index (χ2v) is 21.3. The van der Waals surface area contributed by atoms with E-state index in [9.17, 15) is 28.8 Å². The Kier molecular flexibility index (Phi) is 19.8. The molecule has 4 fully saturated rings. The molecule has 0 saturated carbocycles. The predicted octanol–water partition coefficient (Wildman–Crippen LogP) is 4.37. The Balaban J connectivity index is 0.806. The summed E-state index contributed by atoms with van der Waals surface area (Å²) in [6, 6.07) is 14.6. The highest BCUT2D eigenvalue weighted by Crippen LogP contribution is 2.34. The van der Waals surface area contributed by atoms with Crippen molar-refractivity contribution in [1.29, 1.82) is 0 Å². The molecule has 0 unspecified atom stereocenters. The van der Waals surface area contributed by atoms with Crippen LogP contribution in [0.15, 0.2) is 73.1 Å². The van der Waals surface area contributed by atoms with Crippen molar-refractivity contribution in [3.05, 3.63) is 95.6 Å². The lowest BCUT2D eigenvalue weighted by Crippen LogP contribution is -2.58. The Hall–Kier alpha value is -6.54. The number of fused-ring (bicyclic) bond motifs is 2. The van der Waals surface area contributed by atoms with E-state index in [4.69, 9.17) is 0 Å². The summed E-state index contributed by atoms with van der Waals surface area (Å²) in [7, 11) is 3.42. The minimum absolute atomic E-state index is 0.0499. The molecule has 10 atom stereocenters. The van der Waals surface area contributed by atoms with Crippen molar-refractivity contribution in [3.8, 4) is 0 Å². The molecule has 4 aliphatic heterocycles. The molecule has 4 aromatic rings. The molecule has 0 spiro atoms. The summed E-state index contributed by atoms with van der Waals surface area (Å²) in [6.45, 7) is 4.88. The van der Waals surface area contributed by atoms with Gasteiger partial charge in [0.25, 0.3) is 0 Å². The third kappa shape index (κ3) is 13.9. The van der Waals surface area contributed by atoms with E-state index in [0.717, 1.165) is 101 Å². The number of amides is 6. The van der Waals surface area contributed by atoms with E-state index in [-0.39, 0.29) is 47.5 Å². The minimum Gasteiger partial charge on any atom is -0.343 e. The van der Waals surface area contributed by atoms with E-state index < -0.39 is 48.3 Å². The van der Waals surface area contributed by atoms with Gasteiger partial charge in [-0.3, -0.25) is 38.1 Å². The first-order valence-corrected chi connectivity index (χ1v) is 28.0. The third-order valence-electron chi connectivity index (χ3n) is 16.1. The average molecular weight is 1050 g/mol. The molecule has 4 aliphatic rings. The molecule has 0 bridgehead atoms. The molecule has 0 radical (unpaired) electrons. The first kappa shape index (κ1) is 55.7. The molecular weight excluding hydrogens is 965 g/mol. The quantitative estimate of drug-likeness (QED) is 0.0568. The number of nitrogens with one attached hydrogen (secondary N) is 6. The van der Waals surface area contributed by atoms with Crippen LogP contribution < -0.4 is 31.9 Å².